The molecule has 1 aromatic heterocycles. The highest BCUT2D eigenvalue weighted by atomic mass is 35.5. The maximum absolute atomic E-state index is 10.9. The normalized spacial score (nSPS) is 9.64. The van der Waals surface area contributed by atoms with E-state index in [0.717, 1.165) is 0 Å². The summed E-state index contributed by atoms with van der Waals surface area (Å²) in [7, 11) is 1.31. The molecule has 0 unspecified atom stereocenters. The predicted octanol–water partition coefficient (Wildman–Crippen LogP) is 0.935. The van der Waals surface area contributed by atoms with E-state index in [0.29, 0.717) is 11.3 Å². The Morgan fingerprint density at radius 2 is 2.64 bits per heavy atom. The number of rotatable bonds is 2. The van der Waals surface area contributed by atoms with Crippen LogP contribution in [-0.4, -0.2) is 23.3 Å². The molecule has 1 rings (SSSR count). The summed E-state index contributed by atoms with van der Waals surface area (Å²) in [6.07, 6.45) is 1.39. The van der Waals surface area contributed by atoms with Crippen LogP contribution >= 0.6 is 11.6 Å². The van der Waals surface area contributed by atoms with Gasteiger partial charge < -0.3 is 4.74 Å². The largest absolute Gasteiger partial charge is 0.465 e. The average molecular weight is 175 g/mol. The molecule has 0 aliphatic heterocycles. The molecular formula is C6H7ClN2O2. The van der Waals surface area contributed by atoms with Gasteiger partial charge in [-0.2, -0.15) is 5.10 Å². The van der Waals surface area contributed by atoms with Gasteiger partial charge in [-0.05, 0) is 0 Å². The number of nitrogens with one attached hydrogen (secondary N) is 1. The lowest BCUT2D eigenvalue weighted by molar-refractivity contribution is 0.0600. The van der Waals surface area contributed by atoms with E-state index in [9.17, 15) is 4.79 Å². The molecule has 0 radical (unpaired) electrons. The van der Waals surface area contributed by atoms with Crippen LogP contribution < -0.4 is 0 Å². The number of carbonyl (C=O) groups is 1. The Morgan fingerprint density at radius 3 is 3.18 bits per heavy atom. The zero-order valence-electron chi connectivity index (χ0n) is 5.93. The van der Waals surface area contributed by atoms with Crippen molar-refractivity contribution in [1.29, 1.82) is 0 Å². The molecule has 0 aromatic carbocycles. The van der Waals surface area contributed by atoms with Crippen LogP contribution in [0.1, 0.15) is 16.1 Å². The SMILES string of the molecule is COC(=O)c1cn[nH]c1CCl. The maximum atomic E-state index is 10.9. The van der Waals surface area contributed by atoms with Crippen LogP contribution in [0.2, 0.25) is 0 Å². The second-order valence-corrected chi connectivity index (χ2v) is 2.15. The highest BCUT2D eigenvalue weighted by Crippen LogP contribution is 2.07. The number of aromatic nitrogens is 2. The molecule has 1 heterocycles. The first-order valence-corrected chi connectivity index (χ1v) is 3.49. The monoisotopic (exact) mass is 174 g/mol. The first-order chi connectivity index (χ1) is 5.29. The second-order valence-electron chi connectivity index (χ2n) is 1.89. The number of nitrogens with zero attached hydrogens (tertiary/aromatic N) is 1. The number of ether oxygens (including phenoxy) is 1. The van der Waals surface area contributed by atoms with Crippen molar-refractivity contribution in [2.75, 3.05) is 7.11 Å². The third-order valence-electron chi connectivity index (χ3n) is 1.26. The molecule has 0 amide bonds. The molecule has 0 bridgehead atoms. The van der Waals surface area contributed by atoms with Crippen molar-refractivity contribution in [1.82, 2.24) is 10.2 Å². The standard InChI is InChI=1S/C6H7ClN2O2/c1-11-6(10)4-3-8-9-5(4)2-7/h3H,2H2,1H3,(H,8,9). The fourth-order valence-corrected chi connectivity index (χ4v) is 0.904. The third kappa shape index (κ3) is 1.51. The zero-order valence-corrected chi connectivity index (χ0v) is 6.68. The molecule has 60 valence electrons. The second kappa shape index (κ2) is 3.39. The molecular weight excluding hydrogens is 168 g/mol. The Kier molecular flexibility index (Phi) is 2.48. The van der Waals surface area contributed by atoms with Crippen molar-refractivity contribution in [3.8, 4) is 0 Å². The van der Waals surface area contributed by atoms with Crippen LogP contribution in [0.5, 0.6) is 0 Å². The molecule has 0 atom stereocenters. The number of hydrogen-bond donors (Lipinski definition) is 1. The minimum atomic E-state index is -0.422. The van der Waals surface area contributed by atoms with Gasteiger partial charge in [0.15, 0.2) is 0 Å². The number of aromatic amines is 1. The molecule has 5 heteroatoms. The van der Waals surface area contributed by atoms with Gasteiger partial charge in [0, 0.05) is 0 Å². The van der Waals surface area contributed by atoms with Gasteiger partial charge in [0.1, 0.15) is 5.56 Å². The van der Waals surface area contributed by atoms with Gasteiger partial charge in [0.05, 0.1) is 24.9 Å². The van der Waals surface area contributed by atoms with E-state index in [2.05, 4.69) is 14.9 Å². The van der Waals surface area contributed by atoms with E-state index in [-0.39, 0.29) is 5.88 Å². The van der Waals surface area contributed by atoms with Crippen LogP contribution in [0, 0.1) is 0 Å². The highest BCUT2D eigenvalue weighted by Gasteiger charge is 2.12. The summed E-state index contributed by atoms with van der Waals surface area (Å²) in [6.45, 7) is 0. The summed E-state index contributed by atoms with van der Waals surface area (Å²) < 4.78 is 4.48. The van der Waals surface area contributed by atoms with Gasteiger partial charge >= 0.3 is 5.97 Å². The van der Waals surface area contributed by atoms with Gasteiger partial charge in [-0.25, -0.2) is 4.79 Å². The lowest BCUT2D eigenvalue weighted by Crippen LogP contribution is -2.02. The summed E-state index contributed by atoms with van der Waals surface area (Å²) in [5.41, 5.74) is 0.973. The number of halogens is 1. The van der Waals surface area contributed by atoms with Crippen molar-refractivity contribution in [3.05, 3.63) is 17.5 Å². The van der Waals surface area contributed by atoms with E-state index >= 15 is 0 Å². The van der Waals surface area contributed by atoms with E-state index < -0.39 is 5.97 Å². The zero-order chi connectivity index (χ0) is 8.27. The fraction of sp³-hybridized carbons (Fsp3) is 0.333. The Morgan fingerprint density at radius 1 is 1.91 bits per heavy atom. The topological polar surface area (TPSA) is 55.0 Å². The van der Waals surface area contributed by atoms with Crippen molar-refractivity contribution >= 4 is 17.6 Å². The van der Waals surface area contributed by atoms with Crippen LogP contribution in [0.4, 0.5) is 0 Å². The van der Waals surface area contributed by atoms with Crippen LogP contribution in [0.15, 0.2) is 6.20 Å². The van der Waals surface area contributed by atoms with Gasteiger partial charge in [0.2, 0.25) is 0 Å². The van der Waals surface area contributed by atoms with Crippen molar-refractivity contribution in [2.45, 2.75) is 5.88 Å². The van der Waals surface area contributed by atoms with E-state index in [1.165, 1.54) is 13.3 Å². The summed E-state index contributed by atoms with van der Waals surface area (Å²) >= 11 is 5.50. The number of hydrogen-bond acceptors (Lipinski definition) is 3. The minimum absolute atomic E-state index is 0.227. The Balaban J connectivity index is 2.92. The first kappa shape index (κ1) is 8.07. The third-order valence-corrected chi connectivity index (χ3v) is 1.52. The van der Waals surface area contributed by atoms with Crippen molar-refractivity contribution in [3.63, 3.8) is 0 Å². The van der Waals surface area contributed by atoms with Gasteiger partial charge in [-0.15, -0.1) is 11.6 Å². The quantitative estimate of drug-likeness (QED) is 0.536. The van der Waals surface area contributed by atoms with E-state index in [4.69, 9.17) is 11.6 Å². The lowest BCUT2D eigenvalue weighted by Gasteiger charge is -1.95. The first-order valence-electron chi connectivity index (χ1n) is 2.96. The van der Waals surface area contributed by atoms with Crippen LogP contribution in [0.3, 0.4) is 0 Å². The minimum Gasteiger partial charge on any atom is -0.465 e. The van der Waals surface area contributed by atoms with Crippen molar-refractivity contribution < 1.29 is 9.53 Å². The van der Waals surface area contributed by atoms with Crippen LogP contribution in [-0.2, 0) is 10.6 Å². The molecule has 0 spiro atoms. The van der Waals surface area contributed by atoms with Crippen LogP contribution in [0.25, 0.3) is 0 Å². The fourth-order valence-electron chi connectivity index (χ4n) is 0.701. The molecule has 0 saturated heterocycles. The number of carbonyl (C=O) groups excluding carboxylic acids is 1. The highest BCUT2D eigenvalue weighted by molar-refractivity contribution is 6.17. The summed E-state index contributed by atoms with van der Waals surface area (Å²) in [4.78, 5) is 10.9. The number of methoxy groups -OCH3 is 1. The molecule has 0 aliphatic rings. The molecule has 0 fully saturated rings. The molecule has 1 aromatic rings. The predicted molar refractivity (Wildman–Crippen MR) is 39.5 cm³/mol. The average Bonchev–Trinajstić information content (AvgIpc) is 2.50. The number of alkyl halides is 1. The van der Waals surface area contributed by atoms with E-state index in [1.807, 2.05) is 0 Å². The number of H-pyrrole nitrogens is 1. The van der Waals surface area contributed by atoms with Crippen molar-refractivity contribution in [2.24, 2.45) is 0 Å². The molecule has 0 aliphatic carbocycles. The van der Waals surface area contributed by atoms with Gasteiger partial charge in [-0.1, -0.05) is 0 Å². The summed E-state index contributed by atoms with van der Waals surface area (Å²) in [5.74, 6) is -0.195. The Labute approximate surface area is 68.5 Å². The number of esters is 1. The van der Waals surface area contributed by atoms with Gasteiger partial charge in [0.25, 0.3) is 0 Å². The molecule has 0 saturated carbocycles. The molecule has 11 heavy (non-hydrogen) atoms. The Hall–Kier alpha value is -1.03. The lowest BCUT2D eigenvalue weighted by atomic mass is 10.3. The van der Waals surface area contributed by atoms with Gasteiger partial charge in [-0.3, -0.25) is 5.10 Å². The molecule has 1 N–H and O–H groups in total. The smallest absolute Gasteiger partial charge is 0.341 e. The summed E-state index contributed by atoms with van der Waals surface area (Å²) in [6, 6.07) is 0. The summed E-state index contributed by atoms with van der Waals surface area (Å²) in [5, 5.41) is 6.24. The van der Waals surface area contributed by atoms with E-state index in [1.54, 1.807) is 0 Å². The maximum Gasteiger partial charge on any atom is 0.341 e. The molecule has 4 nitrogen and oxygen atoms in total. The Bertz CT molecular complexity index is 259.